The highest BCUT2D eigenvalue weighted by Crippen LogP contribution is 2.24. The van der Waals surface area contributed by atoms with E-state index >= 15 is 0 Å². The van der Waals surface area contributed by atoms with Crippen molar-refractivity contribution >= 4 is 5.97 Å². The highest BCUT2D eigenvalue weighted by atomic mass is 16.4. The summed E-state index contributed by atoms with van der Waals surface area (Å²) in [6.45, 7) is 0. The molecule has 17 heavy (non-hydrogen) atoms. The summed E-state index contributed by atoms with van der Waals surface area (Å²) in [4.78, 5) is 11.0. The van der Waals surface area contributed by atoms with Crippen LogP contribution >= 0.6 is 0 Å². The second-order valence-corrected chi connectivity index (χ2v) is 3.71. The molecule has 0 spiro atoms. The summed E-state index contributed by atoms with van der Waals surface area (Å²) < 4.78 is 0. The second kappa shape index (κ2) is 4.80. The lowest BCUT2D eigenvalue weighted by molar-refractivity contribution is 0.0691. The molecule has 0 radical (unpaired) electrons. The van der Waals surface area contributed by atoms with Crippen LogP contribution in [0.3, 0.4) is 0 Å². The fourth-order valence-electron chi connectivity index (χ4n) is 1.75. The van der Waals surface area contributed by atoms with Crippen LogP contribution in [0.4, 0.5) is 0 Å². The van der Waals surface area contributed by atoms with Gasteiger partial charge in [-0.2, -0.15) is 0 Å². The topological polar surface area (TPSA) is 57.5 Å². The van der Waals surface area contributed by atoms with Gasteiger partial charge in [-0.3, -0.25) is 0 Å². The minimum atomic E-state index is -1.03. The van der Waals surface area contributed by atoms with E-state index in [1.165, 1.54) is 6.07 Å². The van der Waals surface area contributed by atoms with Crippen molar-refractivity contribution in [1.29, 1.82) is 0 Å². The van der Waals surface area contributed by atoms with Crippen LogP contribution in [0, 0.1) is 0 Å². The van der Waals surface area contributed by atoms with Crippen molar-refractivity contribution in [2.45, 2.75) is 6.10 Å². The molecule has 0 bridgehead atoms. The summed E-state index contributed by atoms with van der Waals surface area (Å²) in [7, 11) is 0. The maximum atomic E-state index is 11.0. The molecule has 3 nitrogen and oxygen atoms in total. The summed E-state index contributed by atoms with van der Waals surface area (Å²) in [5, 5.41) is 19.2. The molecule has 0 saturated carbocycles. The van der Waals surface area contributed by atoms with Gasteiger partial charge in [0.15, 0.2) is 0 Å². The lowest BCUT2D eigenvalue weighted by atomic mass is 9.97. The Hall–Kier alpha value is -2.13. The van der Waals surface area contributed by atoms with Gasteiger partial charge in [0.1, 0.15) is 6.10 Å². The van der Waals surface area contributed by atoms with Gasteiger partial charge in [0, 0.05) is 0 Å². The summed E-state index contributed by atoms with van der Waals surface area (Å²) in [6.07, 6.45) is -0.913. The molecule has 0 aromatic heterocycles. The largest absolute Gasteiger partial charge is 0.478 e. The Kier molecular flexibility index (Phi) is 3.21. The molecule has 0 aliphatic heterocycles. The van der Waals surface area contributed by atoms with Gasteiger partial charge in [-0.1, -0.05) is 48.5 Å². The molecule has 2 aromatic carbocycles. The summed E-state index contributed by atoms with van der Waals surface area (Å²) in [5.41, 5.74) is 1.22. The van der Waals surface area contributed by atoms with Crippen LogP contribution in [-0.4, -0.2) is 16.2 Å². The Morgan fingerprint density at radius 3 is 2.18 bits per heavy atom. The van der Waals surface area contributed by atoms with Gasteiger partial charge in [-0.25, -0.2) is 4.79 Å². The molecule has 0 unspecified atom stereocenters. The van der Waals surface area contributed by atoms with Crippen molar-refractivity contribution in [3.63, 3.8) is 0 Å². The normalized spacial score (nSPS) is 12.1. The minimum Gasteiger partial charge on any atom is -0.478 e. The molecule has 3 heteroatoms. The highest BCUT2D eigenvalue weighted by molar-refractivity contribution is 5.89. The number of aliphatic hydroxyl groups excluding tert-OH is 1. The van der Waals surface area contributed by atoms with E-state index in [9.17, 15) is 9.90 Å². The number of rotatable bonds is 3. The molecule has 1 atom stereocenters. The lowest BCUT2D eigenvalue weighted by Crippen LogP contribution is -2.07. The fraction of sp³-hybridized carbons (Fsp3) is 0.0714. The number of aliphatic hydroxyl groups is 1. The number of benzene rings is 2. The SMILES string of the molecule is O=C(O)c1ccccc1[C@@H](O)c1ccccc1. The predicted octanol–water partition coefficient (Wildman–Crippen LogP) is 2.47. The maximum absolute atomic E-state index is 11.0. The van der Waals surface area contributed by atoms with Crippen LogP contribution in [0.5, 0.6) is 0 Å². The predicted molar refractivity (Wildman–Crippen MR) is 63.9 cm³/mol. The Morgan fingerprint density at radius 1 is 0.941 bits per heavy atom. The molecular weight excluding hydrogens is 216 g/mol. The Balaban J connectivity index is 2.44. The first-order chi connectivity index (χ1) is 8.20. The zero-order chi connectivity index (χ0) is 12.3. The molecule has 2 rings (SSSR count). The van der Waals surface area contributed by atoms with Gasteiger partial charge >= 0.3 is 5.97 Å². The van der Waals surface area contributed by atoms with Crippen molar-refractivity contribution in [3.05, 3.63) is 71.3 Å². The zero-order valence-electron chi connectivity index (χ0n) is 9.08. The number of carboxylic acids is 1. The molecule has 0 fully saturated rings. The third-order valence-electron chi connectivity index (χ3n) is 2.60. The number of aromatic carboxylic acids is 1. The average molecular weight is 228 g/mol. The zero-order valence-corrected chi connectivity index (χ0v) is 9.08. The Morgan fingerprint density at radius 2 is 1.53 bits per heavy atom. The van der Waals surface area contributed by atoms with Crippen LogP contribution in [0.2, 0.25) is 0 Å². The van der Waals surface area contributed by atoms with E-state index < -0.39 is 12.1 Å². The number of hydrogen-bond acceptors (Lipinski definition) is 2. The average Bonchev–Trinajstić information content (AvgIpc) is 2.39. The van der Waals surface area contributed by atoms with E-state index in [-0.39, 0.29) is 5.56 Å². The van der Waals surface area contributed by atoms with Gasteiger partial charge in [-0.15, -0.1) is 0 Å². The van der Waals surface area contributed by atoms with Gasteiger partial charge in [0.05, 0.1) is 5.56 Å². The van der Waals surface area contributed by atoms with E-state index in [2.05, 4.69) is 0 Å². The van der Waals surface area contributed by atoms with E-state index in [4.69, 9.17) is 5.11 Å². The summed E-state index contributed by atoms with van der Waals surface area (Å²) >= 11 is 0. The van der Waals surface area contributed by atoms with Crippen LogP contribution in [0.25, 0.3) is 0 Å². The minimum absolute atomic E-state index is 0.129. The lowest BCUT2D eigenvalue weighted by Gasteiger charge is -2.13. The molecule has 2 aromatic rings. The molecular formula is C14H12O3. The summed E-state index contributed by atoms with van der Waals surface area (Å²) in [6, 6.07) is 15.5. The molecule has 2 N–H and O–H groups in total. The van der Waals surface area contributed by atoms with Crippen LogP contribution < -0.4 is 0 Å². The number of carboxylic acid groups (broad SMARTS) is 1. The summed E-state index contributed by atoms with van der Waals surface area (Å²) in [5.74, 6) is -1.03. The van der Waals surface area contributed by atoms with E-state index in [0.29, 0.717) is 11.1 Å². The molecule has 0 aliphatic rings. The Labute approximate surface area is 99.0 Å². The fourth-order valence-corrected chi connectivity index (χ4v) is 1.75. The van der Waals surface area contributed by atoms with Gasteiger partial charge < -0.3 is 10.2 Å². The van der Waals surface area contributed by atoms with Crippen LogP contribution in [0.1, 0.15) is 27.6 Å². The molecule has 0 heterocycles. The molecule has 0 amide bonds. The van der Waals surface area contributed by atoms with Crippen molar-refractivity contribution in [3.8, 4) is 0 Å². The standard InChI is InChI=1S/C14H12O3/c15-13(10-6-2-1-3-7-10)11-8-4-5-9-12(11)14(16)17/h1-9,13,15H,(H,16,17)/t13-/m0/s1. The first-order valence-corrected chi connectivity index (χ1v) is 5.25. The van der Waals surface area contributed by atoms with Gasteiger partial charge in [0.25, 0.3) is 0 Å². The quantitative estimate of drug-likeness (QED) is 0.848. The Bertz CT molecular complexity index is 520. The van der Waals surface area contributed by atoms with Crippen molar-refractivity contribution < 1.29 is 15.0 Å². The van der Waals surface area contributed by atoms with Gasteiger partial charge in [0.2, 0.25) is 0 Å². The van der Waals surface area contributed by atoms with Crippen molar-refractivity contribution in [1.82, 2.24) is 0 Å². The second-order valence-electron chi connectivity index (χ2n) is 3.71. The van der Waals surface area contributed by atoms with Gasteiger partial charge in [-0.05, 0) is 17.2 Å². The van der Waals surface area contributed by atoms with E-state index in [1.807, 2.05) is 18.2 Å². The monoisotopic (exact) mass is 228 g/mol. The van der Waals surface area contributed by atoms with E-state index in [1.54, 1.807) is 30.3 Å². The van der Waals surface area contributed by atoms with E-state index in [0.717, 1.165) is 0 Å². The van der Waals surface area contributed by atoms with Crippen LogP contribution in [-0.2, 0) is 0 Å². The van der Waals surface area contributed by atoms with Crippen molar-refractivity contribution in [2.24, 2.45) is 0 Å². The highest BCUT2D eigenvalue weighted by Gasteiger charge is 2.17. The molecule has 86 valence electrons. The molecule has 0 aliphatic carbocycles. The molecule has 0 saturated heterocycles. The third-order valence-corrected chi connectivity index (χ3v) is 2.60. The first kappa shape index (κ1) is 11.4. The third kappa shape index (κ3) is 2.34. The maximum Gasteiger partial charge on any atom is 0.336 e. The first-order valence-electron chi connectivity index (χ1n) is 5.25. The number of carbonyl (C=O) groups is 1. The smallest absolute Gasteiger partial charge is 0.336 e. The number of hydrogen-bond donors (Lipinski definition) is 2. The van der Waals surface area contributed by atoms with Crippen LogP contribution in [0.15, 0.2) is 54.6 Å². The van der Waals surface area contributed by atoms with Crippen molar-refractivity contribution in [2.75, 3.05) is 0 Å².